The Morgan fingerprint density at radius 3 is 2.69 bits per heavy atom. The van der Waals surface area contributed by atoms with Crippen molar-refractivity contribution in [1.29, 1.82) is 0 Å². The number of nitrogens with one attached hydrogen (secondary N) is 1. The van der Waals surface area contributed by atoms with Gasteiger partial charge in [0.1, 0.15) is 6.17 Å². The van der Waals surface area contributed by atoms with E-state index in [-0.39, 0.29) is 12.6 Å². The monoisotopic (exact) mass is 210 g/mol. The van der Waals surface area contributed by atoms with Gasteiger partial charge in [0.15, 0.2) is 0 Å². The molecule has 1 saturated heterocycles. The Bertz CT molecular complexity index is 268. The van der Waals surface area contributed by atoms with Crippen LogP contribution < -0.4 is 5.32 Å². The first-order valence-corrected chi connectivity index (χ1v) is 6.05. The second-order valence-electron chi connectivity index (χ2n) is 3.38. The van der Waals surface area contributed by atoms with Gasteiger partial charge in [0.25, 0.3) is 0 Å². The van der Waals surface area contributed by atoms with E-state index in [4.69, 9.17) is 0 Å². The molecule has 0 aliphatic carbocycles. The van der Waals surface area contributed by atoms with Crippen molar-refractivity contribution in [2.75, 3.05) is 26.4 Å². The first-order valence-electron chi connectivity index (χ1n) is 4.20. The highest BCUT2D eigenvalue weighted by molar-refractivity contribution is 7.88. The van der Waals surface area contributed by atoms with Gasteiger partial charge in [0.2, 0.25) is 10.0 Å². The predicted octanol–water partition coefficient (Wildman–Crippen LogP) is -0.422. The van der Waals surface area contributed by atoms with Gasteiger partial charge in [-0.05, 0) is 13.5 Å². The predicted molar refractivity (Wildman–Crippen MR) is 48.8 cm³/mol. The highest BCUT2D eigenvalue weighted by Crippen LogP contribution is 2.22. The van der Waals surface area contributed by atoms with Crippen molar-refractivity contribution in [2.45, 2.75) is 18.6 Å². The van der Waals surface area contributed by atoms with Crippen LogP contribution in [0, 0.1) is 0 Å². The molecule has 1 N–H and O–H groups in total. The van der Waals surface area contributed by atoms with Crippen LogP contribution in [0.15, 0.2) is 0 Å². The summed E-state index contributed by atoms with van der Waals surface area (Å²) in [4.78, 5) is 0. The van der Waals surface area contributed by atoms with Crippen LogP contribution in [0.2, 0.25) is 0 Å². The summed E-state index contributed by atoms with van der Waals surface area (Å²) >= 11 is 0. The molecule has 6 heteroatoms. The molecule has 0 unspecified atom stereocenters. The Balaban J connectivity index is 2.72. The van der Waals surface area contributed by atoms with Crippen molar-refractivity contribution in [3.8, 4) is 0 Å². The van der Waals surface area contributed by atoms with Gasteiger partial charge in [-0.3, -0.25) is 0 Å². The zero-order chi connectivity index (χ0) is 10.1. The molecule has 4 nitrogen and oxygen atoms in total. The highest BCUT2D eigenvalue weighted by Gasteiger charge is 2.36. The first kappa shape index (κ1) is 10.9. The van der Waals surface area contributed by atoms with E-state index >= 15 is 0 Å². The van der Waals surface area contributed by atoms with E-state index in [9.17, 15) is 12.8 Å². The lowest BCUT2D eigenvalue weighted by Gasteiger charge is -2.20. The highest BCUT2D eigenvalue weighted by atomic mass is 32.2. The van der Waals surface area contributed by atoms with E-state index in [1.165, 1.54) is 4.31 Å². The van der Waals surface area contributed by atoms with Crippen molar-refractivity contribution in [3.63, 3.8) is 0 Å². The maximum absolute atomic E-state index is 12.9. The average Bonchev–Trinajstić information content (AvgIpc) is 2.30. The molecule has 1 fully saturated rings. The second kappa shape index (κ2) is 3.89. The second-order valence-corrected chi connectivity index (χ2v) is 5.31. The van der Waals surface area contributed by atoms with Crippen molar-refractivity contribution in [1.82, 2.24) is 9.62 Å². The van der Waals surface area contributed by atoms with Crippen molar-refractivity contribution < 1.29 is 12.8 Å². The molecule has 1 aliphatic heterocycles. The summed E-state index contributed by atoms with van der Waals surface area (Å²) in [6, 6.07) is -0.227. The minimum absolute atomic E-state index is 0.00514. The quantitative estimate of drug-likeness (QED) is 0.688. The van der Waals surface area contributed by atoms with Crippen molar-refractivity contribution >= 4 is 10.0 Å². The number of rotatable bonds is 3. The van der Waals surface area contributed by atoms with Crippen LogP contribution in [0.4, 0.5) is 4.39 Å². The number of alkyl halides is 1. The average molecular weight is 210 g/mol. The first-order chi connectivity index (χ1) is 5.95. The lowest BCUT2D eigenvalue weighted by atomic mass is 10.2. The maximum atomic E-state index is 12.9. The fourth-order valence-electron chi connectivity index (χ4n) is 1.66. The standard InChI is InChI=1S/C7H15FN2O2S/c1-9-4-7-3-6(8)5-10(7)13(2,11)12/h6-7,9H,3-5H2,1-2H3/t6-,7-/m0/s1. The third kappa shape index (κ3) is 2.62. The van der Waals surface area contributed by atoms with Crippen LogP contribution in [0.25, 0.3) is 0 Å². The number of likely N-dealkylation sites (N-methyl/N-ethyl adjacent to an activating group) is 1. The van der Waals surface area contributed by atoms with Crippen LogP contribution in [0.1, 0.15) is 6.42 Å². The topological polar surface area (TPSA) is 49.4 Å². The summed E-state index contributed by atoms with van der Waals surface area (Å²) < 4.78 is 36.6. The van der Waals surface area contributed by atoms with Gasteiger partial charge in [-0.15, -0.1) is 0 Å². The molecule has 1 aliphatic rings. The van der Waals surface area contributed by atoms with E-state index < -0.39 is 16.2 Å². The summed E-state index contributed by atoms with van der Waals surface area (Å²) in [6.45, 7) is 0.513. The van der Waals surface area contributed by atoms with E-state index in [0.29, 0.717) is 13.0 Å². The third-order valence-corrected chi connectivity index (χ3v) is 3.48. The van der Waals surface area contributed by atoms with Gasteiger partial charge in [-0.1, -0.05) is 0 Å². The Hall–Kier alpha value is -0.200. The van der Waals surface area contributed by atoms with Gasteiger partial charge in [0, 0.05) is 19.1 Å². The molecule has 2 atom stereocenters. The molecule has 0 saturated carbocycles. The van der Waals surface area contributed by atoms with Crippen molar-refractivity contribution in [2.24, 2.45) is 0 Å². The molecule has 0 aromatic heterocycles. The Morgan fingerprint density at radius 1 is 1.62 bits per heavy atom. The Kier molecular flexibility index (Phi) is 3.26. The molecule has 0 aromatic carbocycles. The van der Waals surface area contributed by atoms with Crippen LogP contribution in [0.3, 0.4) is 0 Å². The molecule has 0 bridgehead atoms. The summed E-state index contributed by atoms with van der Waals surface area (Å²) in [5.74, 6) is 0. The van der Waals surface area contributed by atoms with Crippen LogP contribution in [0.5, 0.6) is 0 Å². The lowest BCUT2D eigenvalue weighted by Crippen LogP contribution is -2.40. The van der Waals surface area contributed by atoms with Gasteiger partial charge in [0.05, 0.1) is 6.26 Å². The van der Waals surface area contributed by atoms with Gasteiger partial charge in [-0.25, -0.2) is 12.8 Å². The number of hydrogen-bond donors (Lipinski definition) is 1. The van der Waals surface area contributed by atoms with Gasteiger partial charge < -0.3 is 5.32 Å². The Labute approximate surface area is 78.2 Å². The lowest BCUT2D eigenvalue weighted by molar-refractivity contribution is 0.343. The molecule has 78 valence electrons. The fourth-order valence-corrected chi connectivity index (χ4v) is 2.79. The minimum atomic E-state index is -3.25. The van der Waals surface area contributed by atoms with E-state index in [0.717, 1.165) is 6.26 Å². The molecule has 1 heterocycles. The van der Waals surface area contributed by atoms with E-state index in [2.05, 4.69) is 5.32 Å². The molecular weight excluding hydrogens is 195 g/mol. The summed E-state index contributed by atoms with van der Waals surface area (Å²) in [5.41, 5.74) is 0. The maximum Gasteiger partial charge on any atom is 0.211 e. The summed E-state index contributed by atoms with van der Waals surface area (Å²) in [7, 11) is -1.53. The minimum Gasteiger partial charge on any atom is -0.318 e. The Morgan fingerprint density at radius 2 is 2.23 bits per heavy atom. The SMILES string of the molecule is CNC[C@@H]1C[C@H](F)CN1S(C)(=O)=O. The number of nitrogens with zero attached hydrogens (tertiary/aromatic N) is 1. The molecule has 1 rings (SSSR count). The molecule has 0 spiro atoms. The number of sulfonamides is 1. The van der Waals surface area contributed by atoms with E-state index in [1.807, 2.05) is 0 Å². The fraction of sp³-hybridized carbons (Fsp3) is 1.00. The largest absolute Gasteiger partial charge is 0.318 e. The number of hydrogen-bond acceptors (Lipinski definition) is 3. The summed E-state index contributed by atoms with van der Waals surface area (Å²) in [6.07, 6.45) is 0.398. The molecule has 0 aromatic rings. The van der Waals surface area contributed by atoms with Crippen molar-refractivity contribution in [3.05, 3.63) is 0 Å². The zero-order valence-corrected chi connectivity index (χ0v) is 8.64. The third-order valence-electron chi connectivity index (χ3n) is 2.18. The normalized spacial score (nSPS) is 31.0. The molecule has 0 radical (unpaired) electrons. The number of halogens is 1. The molecule has 0 amide bonds. The summed E-state index contributed by atoms with van der Waals surface area (Å²) in [5, 5.41) is 2.86. The zero-order valence-electron chi connectivity index (χ0n) is 7.83. The smallest absolute Gasteiger partial charge is 0.211 e. The van der Waals surface area contributed by atoms with Crippen LogP contribution >= 0.6 is 0 Å². The molecular formula is C7H15FN2O2S. The molecule has 13 heavy (non-hydrogen) atoms. The van der Waals surface area contributed by atoms with Crippen LogP contribution in [-0.4, -0.2) is 51.3 Å². The van der Waals surface area contributed by atoms with Gasteiger partial charge in [-0.2, -0.15) is 4.31 Å². The van der Waals surface area contributed by atoms with E-state index in [1.54, 1.807) is 7.05 Å². The van der Waals surface area contributed by atoms with Gasteiger partial charge >= 0.3 is 0 Å². The van der Waals surface area contributed by atoms with Crippen LogP contribution in [-0.2, 0) is 10.0 Å².